The van der Waals surface area contributed by atoms with Gasteiger partial charge in [0.05, 0.1) is 21.5 Å². The summed E-state index contributed by atoms with van der Waals surface area (Å²) in [5.41, 5.74) is 1.04. The van der Waals surface area contributed by atoms with Crippen molar-refractivity contribution < 1.29 is 30.7 Å². The molecule has 0 aliphatic carbocycles. The summed E-state index contributed by atoms with van der Waals surface area (Å²) in [6.45, 7) is 3.42. The van der Waals surface area contributed by atoms with Gasteiger partial charge in [0.25, 0.3) is 0 Å². The highest BCUT2D eigenvalue weighted by Gasteiger charge is 2.40. The molecule has 2 nitrogen and oxygen atoms in total. The van der Waals surface area contributed by atoms with Crippen molar-refractivity contribution in [2.75, 3.05) is 13.6 Å². The SMILES string of the molecule is C=C(NC)c1ccc(/C(F)=C/C(c2cc(Cl)c(Cl)c(Cl)c2)C(F)(F)F)cc1CC/C=N/CCC(F)(F)F. The Morgan fingerprint density at radius 1 is 1.05 bits per heavy atom. The van der Waals surface area contributed by atoms with Gasteiger partial charge < -0.3 is 5.32 Å². The van der Waals surface area contributed by atoms with E-state index < -0.39 is 42.6 Å². The van der Waals surface area contributed by atoms with Crippen molar-refractivity contribution in [3.63, 3.8) is 0 Å². The first-order valence-corrected chi connectivity index (χ1v) is 11.9. The molecule has 0 aliphatic heterocycles. The van der Waals surface area contributed by atoms with Crippen LogP contribution in [-0.2, 0) is 6.42 Å². The second-order valence-corrected chi connectivity index (χ2v) is 9.12. The number of benzene rings is 2. The van der Waals surface area contributed by atoms with Crippen LogP contribution in [0.1, 0.15) is 41.0 Å². The lowest BCUT2D eigenvalue weighted by Gasteiger charge is -2.19. The number of nitrogens with zero attached hydrogens (tertiary/aromatic N) is 1. The van der Waals surface area contributed by atoms with Crippen molar-refractivity contribution in [3.8, 4) is 0 Å². The number of nitrogens with one attached hydrogen (secondary N) is 1. The summed E-state index contributed by atoms with van der Waals surface area (Å²) in [5, 5.41) is 2.31. The fourth-order valence-electron chi connectivity index (χ4n) is 3.35. The number of hydrogen-bond donors (Lipinski definition) is 1. The van der Waals surface area contributed by atoms with Crippen LogP contribution in [0.15, 0.2) is 48.0 Å². The van der Waals surface area contributed by atoms with Crippen LogP contribution in [0.4, 0.5) is 30.7 Å². The zero-order chi connectivity index (χ0) is 28.0. The predicted molar refractivity (Wildman–Crippen MR) is 136 cm³/mol. The molecule has 0 heterocycles. The van der Waals surface area contributed by atoms with Gasteiger partial charge in [-0.05, 0) is 54.5 Å². The molecule has 202 valence electrons. The van der Waals surface area contributed by atoms with Crippen LogP contribution in [0.3, 0.4) is 0 Å². The minimum Gasteiger partial charge on any atom is -0.388 e. The zero-order valence-corrected chi connectivity index (χ0v) is 21.6. The maximum atomic E-state index is 15.2. The second-order valence-electron chi connectivity index (χ2n) is 7.93. The molecule has 37 heavy (non-hydrogen) atoms. The number of hydrogen-bond acceptors (Lipinski definition) is 2. The summed E-state index contributed by atoms with van der Waals surface area (Å²) in [7, 11) is 1.61. The molecule has 1 atom stereocenters. The molecule has 0 amide bonds. The number of halogens is 10. The third-order valence-corrected chi connectivity index (χ3v) is 6.43. The first kappa shape index (κ1) is 31.0. The van der Waals surface area contributed by atoms with E-state index in [1.165, 1.54) is 24.4 Å². The van der Waals surface area contributed by atoms with E-state index in [0.29, 0.717) is 22.9 Å². The Morgan fingerprint density at radius 2 is 1.68 bits per heavy atom. The molecule has 1 unspecified atom stereocenters. The van der Waals surface area contributed by atoms with Crippen LogP contribution < -0.4 is 5.32 Å². The fourth-order valence-corrected chi connectivity index (χ4v) is 3.96. The molecule has 0 radical (unpaired) electrons. The van der Waals surface area contributed by atoms with Gasteiger partial charge >= 0.3 is 12.4 Å². The quantitative estimate of drug-likeness (QED) is 0.167. The van der Waals surface area contributed by atoms with Gasteiger partial charge in [-0.25, -0.2) is 4.39 Å². The molecule has 12 heteroatoms. The average molecular weight is 590 g/mol. The standard InChI is InChI=1S/C25H22Cl3F7N2/c1-14(36-2)18-6-5-16(10-15(18)4-3-8-37-9-7-24(30,31)32)22(29)13-19(25(33,34)35)17-11-20(26)23(28)21(27)12-17/h5-6,8,10-13,19,36H,1,3-4,7,9H2,2H3/b22-13-,37-8+. The molecule has 0 aliphatic rings. The van der Waals surface area contributed by atoms with E-state index >= 15 is 4.39 Å². The van der Waals surface area contributed by atoms with Crippen LogP contribution in [-0.4, -0.2) is 32.2 Å². The lowest BCUT2D eigenvalue weighted by Crippen LogP contribution is -2.19. The van der Waals surface area contributed by atoms with Crippen LogP contribution in [0.2, 0.25) is 15.1 Å². The molecule has 2 rings (SSSR count). The molecule has 0 saturated heterocycles. The van der Waals surface area contributed by atoms with E-state index in [1.807, 2.05) is 0 Å². The smallest absolute Gasteiger partial charge is 0.388 e. The number of rotatable bonds is 10. The van der Waals surface area contributed by atoms with E-state index in [-0.39, 0.29) is 33.5 Å². The monoisotopic (exact) mass is 588 g/mol. The minimum atomic E-state index is -4.87. The summed E-state index contributed by atoms with van der Waals surface area (Å²) in [4.78, 5) is 3.72. The summed E-state index contributed by atoms with van der Waals surface area (Å²) in [6, 6.07) is 6.11. The van der Waals surface area contributed by atoms with Gasteiger partial charge in [-0.15, -0.1) is 0 Å². The molecule has 0 aromatic heterocycles. The molecule has 0 spiro atoms. The van der Waals surface area contributed by atoms with Crippen molar-refractivity contribution in [1.29, 1.82) is 0 Å². The normalized spacial score (nSPS) is 13.8. The lowest BCUT2D eigenvalue weighted by atomic mass is 9.94. The number of aliphatic imine (C=N–C) groups is 1. The zero-order valence-electron chi connectivity index (χ0n) is 19.4. The molecule has 1 N–H and O–H groups in total. The highest BCUT2D eigenvalue weighted by molar-refractivity contribution is 6.48. The highest BCUT2D eigenvalue weighted by Crippen LogP contribution is 2.42. The van der Waals surface area contributed by atoms with Gasteiger partial charge in [-0.3, -0.25) is 4.99 Å². The second kappa shape index (κ2) is 13.0. The van der Waals surface area contributed by atoms with Crippen LogP contribution in [0.5, 0.6) is 0 Å². The first-order chi connectivity index (χ1) is 17.1. The van der Waals surface area contributed by atoms with Gasteiger partial charge in [0.2, 0.25) is 0 Å². The molecule has 0 bridgehead atoms. The van der Waals surface area contributed by atoms with E-state index in [2.05, 4.69) is 16.9 Å². The molecular formula is C25H22Cl3F7N2. The third-order valence-electron chi connectivity index (χ3n) is 5.24. The first-order valence-electron chi connectivity index (χ1n) is 10.8. The maximum Gasteiger partial charge on any atom is 0.399 e. The third kappa shape index (κ3) is 9.23. The van der Waals surface area contributed by atoms with Gasteiger partial charge in [0, 0.05) is 30.4 Å². The Morgan fingerprint density at radius 3 is 2.22 bits per heavy atom. The Bertz CT molecular complexity index is 1150. The van der Waals surface area contributed by atoms with E-state index in [9.17, 15) is 26.3 Å². The number of allylic oxidation sites excluding steroid dienone is 1. The molecule has 2 aromatic carbocycles. The van der Waals surface area contributed by atoms with Crippen molar-refractivity contribution >= 4 is 52.5 Å². The topological polar surface area (TPSA) is 24.4 Å². The molecular weight excluding hydrogens is 568 g/mol. The average Bonchev–Trinajstić information content (AvgIpc) is 2.80. The summed E-state index contributed by atoms with van der Waals surface area (Å²) in [5.74, 6) is -3.51. The predicted octanol–water partition coefficient (Wildman–Crippen LogP) is 9.45. The van der Waals surface area contributed by atoms with Crippen molar-refractivity contribution in [3.05, 3.63) is 80.3 Å². The molecule has 2 aromatic rings. The van der Waals surface area contributed by atoms with Gasteiger partial charge in [0.15, 0.2) is 0 Å². The van der Waals surface area contributed by atoms with Gasteiger partial charge in [-0.2, -0.15) is 26.3 Å². The van der Waals surface area contributed by atoms with E-state index in [4.69, 9.17) is 34.8 Å². The summed E-state index contributed by atoms with van der Waals surface area (Å²) >= 11 is 17.6. The molecule has 0 saturated carbocycles. The Hall–Kier alpha value is -2.23. The summed E-state index contributed by atoms with van der Waals surface area (Å²) in [6.07, 6.45) is -8.04. The van der Waals surface area contributed by atoms with Gasteiger partial charge in [-0.1, -0.05) is 53.5 Å². The van der Waals surface area contributed by atoms with Crippen molar-refractivity contribution in [2.45, 2.75) is 37.5 Å². The fraction of sp³-hybridized carbons (Fsp3) is 0.320. The van der Waals surface area contributed by atoms with Crippen LogP contribution in [0.25, 0.3) is 11.5 Å². The van der Waals surface area contributed by atoms with Gasteiger partial charge in [0.1, 0.15) is 11.7 Å². The highest BCUT2D eigenvalue weighted by atomic mass is 35.5. The van der Waals surface area contributed by atoms with Crippen LogP contribution in [0, 0.1) is 0 Å². The number of alkyl halides is 6. The number of aryl methyl sites for hydroxylation is 1. The largest absolute Gasteiger partial charge is 0.399 e. The molecule has 0 fully saturated rings. The summed E-state index contributed by atoms with van der Waals surface area (Å²) < 4.78 is 93.4. The Labute approximate surface area is 224 Å². The van der Waals surface area contributed by atoms with Crippen LogP contribution >= 0.6 is 34.8 Å². The lowest BCUT2D eigenvalue weighted by molar-refractivity contribution is -0.139. The Balaban J connectivity index is 2.38. The van der Waals surface area contributed by atoms with Crippen molar-refractivity contribution in [1.82, 2.24) is 5.32 Å². The minimum absolute atomic E-state index is 0.121. The van der Waals surface area contributed by atoms with Crippen molar-refractivity contribution in [2.24, 2.45) is 4.99 Å². The van der Waals surface area contributed by atoms with E-state index in [0.717, 1.165) is 12.1 Å². The Kier molecular flexibility index (Phi) is 10.9. The van der Waals surface area contributed by atoms with E-state index in [1.54, 1.807) is 7.05 Å². The maximum absolute atomic E-state index is 15.2.